The first-order chi connectivity index (χ1) is 13.0. The number of rotatable bonds is 3. The largest absolute Gasteiger partial charge is 0.374 e. The van der Waals surface area contributed by atoms with Crippen LogP contribution in [0.3, 0.4) is 0 Å². The van der Waals surface area contributed by atoms with E-state index in [2.05, 4.69) is 35.8 Å². The second kappa shape index (κ2) is 7.17. The zero-order valence-corrected chi connectivity index (χ0v) is 16.7. The summed E-state index contributed by atoms with van der Waals surface area (Å²) in [5.74, 6) is 0.115. The van der Waals surface area contributed by atoms with Crippen LogP contribution < -0.4 is 10.6 Å². The number of amides is 1. The Morgan fingerprint density at radius 1 is 1.26 bits per heavy atom. The molecule has 1 amide bonds. The summed E-state index contributed by atoms with van der Waals surface area (Å²) < 4.78 is 0. The van der Waals surface area contributed by atoms with Crippen molar-refractivity contribution in [2.24, 2.45) is 0 Å². The topological polar surface area (TPSA) is 44.4 Å². The monoisotopic (exact) mass is 383 g/mol. The van der Waals surface area contributed by atoms with Gasteiger partial charge in [0.05, 0.1) is 5.54 Å². The molecule has 5 heteroatoms. The first-order valence-electron chi connectivity index (χ1n) is 9.63. The maximum absolute atomic E-state index is 12.7. The molecule has 0 spiro atoms. The summed E-state index contributed by atoms with van der Waals surface area (Å²) in [6.45, 7) is 4.67. The molecule has 1 atom stereocenters. The number of anilines is 1. The van der Waals surface area contributed by atoms with E-state index in [9.17, 15) is 4.79 Å². The van der Waals surface area contributed by atoms with Crippen LogP contribution in [0.25, 0.3) is 0 Å². The van der Waals surface area contributed by atoms with Gasteiger partial charge in [-0.05, 0) is 67.6 Å². The van der Waals surface area contributed by atoms with E-state index in [4.69, 9.17) is 11.6 Å². The SMILES string of the molecule is Cc1c(Cl)cccc1[C@@]1(Nc2ccc3c(c2)C(=O)N(C)CCC3)CCNC1. The molecule has 27 heavy (non-hydrogen) atoms. The van der Waals surface area contributed by atoms with Gasteiger partial charge in [0.2, 0.25) is 0 Å². The average molecular weight is 384 g/mol. The van der Waals surface area contributed by atoms with E-state index in [1.54, 1.807) is 0 Å². The fourth-order valence-corrected chi connectivity index (χ4v) is 4.56. The fourth-order valence-electron chi connectivity index (χ4n) is 4.38. The molecule has 4 rings (SSSR count). The number of nitrogens with one attached hydrogen (secondary N) is 2. The second-order valence-electron chi connectivity index (χ2n) is 7.75. The van der Waals surface area contributed by atoms with Gasteiger partial charge in [-0.25, -0.2) is 0 Å². The third-order valence-electron chi connectivity index (χ3n) is 5.95. The lowest BCUT2D eigenvalue weighted by atomic mass is 9.85. The molecule has 4 nitrogen and oxygen atoms in total. The van der Waals surface area contributed by atoms with E-state index in [0.29, 0.717) is 0 Å². The Morgan fingerprint density at radius 2 is 2.11 bits per heavy atom. The molecule has 0 unspecified atom stereocenters. The Kier molecular flexibility index (Phi) is 4.87. The van der Waals surface area contributed by atoms with Crippen molar-refractivity contribution < 1.29 is 4.79 Å². The first kappa shape index (κ1) is 18.3. The normalized spacial score (nSPS) is 22.5. The van der Waals surface area contributed by atoms with Gasteiger partial charge in [-0.15, -0.1) is 0 Å². The summed E-state index contributed by atoms with van der Waals surface area (Å²) in [4.78, 5) is 14.6. The van der Waals surface area contributed by atoms with Gasteiger partial charge in [0.1, 0.15) is 0 Å². The van der Waals surface area contributed by atoms with Crippen molar-refractivity contribution in [1.29, 1.82) is 0 Å². The maximum Gasteiger partial charge on any atom is 0.253 e. The third-order valence-corrected chi connectivity index (χ3v) is 6.36. The lowest BCUT2D eigenvalue weighted by Gasteiger charge is -2.33. The number of hydrogen-bond acceptors (Lipinski definition) is 3. The van der Waals surface area contributed by atoms with Gasteiger partial charge < -0.3 is 15.5 Å². The van der Waals surface area contributed by atoms with Crippen LogP contribution in [-0.2, 0) is 12.0 Å². The molecular weight excluding hydrogens is 358 g/mol. The van der Waals surface area contributed by atoms with Gasteiger partial charge in [0, 0.05) is 36.4 Å². The molecule has 2 aliphatic rings. The van der Waals surface area contributed by atoms with Crippen molar-refractivity contribution in [3.05, 3.63) is 63.7 Å². The van der Waals surface area contributed by atoms with Gasteiger partial charge in [-0.2, -0.15) is 0 Å². The molecule has 0 aromatic heterocycles. The van der Waals surface area contributed by atoms with Crippen LogP contribution in [0.4, 0.5) is 5.69 Å². The van der Waals surface area contributed by atoms with E-state index >= 15 is 0 Å². The predicted molar refractivity (Wildman–Crippen MR) is 111 cm³/mol. The van der Waals surface area contributed by atoms with Crippen LogP contribution in [0.15, 0.2) is 36.4 Å². The molecule has 142 valence electrons. The fraction of sp³-hybridized carbons (Fsp3) is 0.409. The van der Waals surface area contributed by atoms with Crippen molar-refractivity contribution in [1.82, 2.24) is 10.2 Å². The standard InChI is InChI=1S/C22H26ClN3O/c1-15-19(6-3-7-20(15)23)22(10-11-24-14-22)25-17-9-8-16-5-4-12-26(2)21(27)18(16)13-17/h3,6-9,13,24-25H,4-5,10-12,14H2,1-2H3/t22-/m1/s1. The first-order valence-corrected chi connectivity index (χ1v) is 10.0. The molecule has 2 N–H and O–H groups in total. The highest BCUT2D eigenvalue weighted by molar-refractivity contribution is 6.31. The molecule has 1 fully saturated rings. The van der Waals surface area contributed by atoms with Crippen molar-refractivity contribution in [2.75, 3.05) is 32.0 Å². The second-order valence-corrected chi connectivity index (χ2v) is 8.16. The third kappa shape index (κ3) is 3.32. The number of halogens is 1. The minimum atomic E-state index is -0.219. The van der Waals surface area contributed by atoms with E-state index < -0.39 is 0 Å². The summed E-state index contributed by atoms with van der Waals surface area (Å²) in [5.41, 5.74) is 5.07. The van der Waals surface area contributed by atoms with Gasteiger partial charge >= 0.3 is 0 Å². The van der Waals surface area contributed by atoms with E-state index in [1.165, 1.54) is 5.56 Å². The van der Waals surface area contributed by atoms with Crippen molar-refractivity contribution in [2.45, 2.75) is 31.7 Å². The predicted octanol–water partition coefficient (Wildman–Crippen LogP) is 3.97. The van der Waals surface area contributed by atoms with E-state index in [0.717, 1.165) is 66.3 Å². The minimum Gasteiger partial charge on any atom is -0.374 e. The maximum atomic E-state index is 12.7. The Morgan fingerprint density at radius 3 is 2.89 bits per heavy atom. The molecule has 1 saturated heterocycles. The van der Waals surface area contributed by atoms with Crippen LogP contribution in [0.5, 0.6) is 0 Å². The Hall–Kier alpha value is -2.04. The molecule has 0 saturated carbocycles. The number of aryl methyl sites for hydroxylation is 1. The Labute approximate surface area is 165 Å². The summed E-state index contributed by atoms with van der Waals surface area (Å²) in [7, 11) is 1.88. The lowest BCUT2D eigenvalue weighted by Crippen LogP contribution is -2.38. The number of carbonyl (C=O) groups is 1. The van der Waals surface area contributed by atoms with Gasteiger partial charge in [-0.3, -0.25) is 4.79 Å². The molecule has 0 bridgehead atoms. The van der Waals surface area contributed by atoms with Crippen molar-refractivity contribution in [3.8, 4) is 0 Å². The van der Waals surface area contributed by atoms with Gasteiger partial charge in [0.15, 0.2) is 0 Å². The molecular formula is C22H26ClN3O. The highest BCUT2D eigenvalue weighted by atomic mass is 35.5. The minimum absolute atomic E-state index is 0.115. The molecule has 0 aliphatic carbocycles. The van der Waals surface area contributed by atoms with Crippen molar-refractivity contribution in [3.63, 3.8) is 0 Å². The Balaban J connectivity index is 1.72. The summed E-state index contributed by atoms with van der Waals surface area (Å²) >= 11 is 6.41. The highest BCUT2D eigenvalue weighted by Gasteiger charge is 2.37. The molecule has 2 aromatic carbocycles. The average Bonchev–Trinajstić information content (AvgIpc) is 3.08. The molecule has 2 aromatic rings. The Bertz CT molecular complexity index is 874. The van der Waals surface area contributed by atoms with E-state index in [1.807, 2.05) is 30.1 Å². The summed E-state index contributed by atoms with van der Waals surface area (Å²) in [6.07, 6.45) is 2.93. The smallest absolute Gasteiger partial charge is 0.253 e. The number of fused-ring (bicyclic) bond motifs is 1. The molecule has 2 heterocycles. The molecule has 2 aliphatic heterocycles. The summed E-state index contributed by atoms with van der Waals surface area (Å²) in [6, 6.07) is 12.4. The highest BCUT2D eigenvalue weighted by Crippen LogP contribution is 2.37. The lowest BCUT2D eigenvalue weighted by molar-refractivity contribution is 0.0800. The molecule has 0 radical (unpaired) electrons. The van der Waals surface area contributed by atoms with Crippen molar-refractivity contribution >= 4 is 23.2 Å². The zero-order valence-electron chi connectivity index (χ0n) is 15.9. The van der Waals surface area contributed by atoms with E-state index in [-0.39, 0.29) is 11.4 Å². The van der Waals surface area contributed by atoms with Gasteiger partial charge in [-0.1, -0.05) is 29.8 Å². The van der Waals surface area contributed by atoms with Crippen LogP contribution >= 0.6 is 11.6 Å². The van der Waals surface area contributed by atoms with Crippen LogP contribution in [-0.4, -0.2) is 37.5 Å². The number of nitrogens with zero attached hydrogens (tertiary/aromatic N) is 1. The van der Waals surface area contributed by atoms with Gasteiger partial charge in [0.25, 0.3) is 5.91 Å². The quantitative estimate of drug-likeness (QED) is 0.842. The van der Waals surface area contributed by atoms with Crippen LogP contribution in [0.2, 0.25) is 5.02 Å². The number of carbonyl (C=O) groups excluding carboxylic acids is 1. The van der Waals surface area contributed by atoms with Crippen LogP contribution in [0.1, 0.15) is 39.9 Å². The summed E-state index contributed by atoms with van der Waals surface area (Å²) in [5, 5.41) is 8.03. The number of benzene rings is 2. The zero-order chi connectivity index (χ0) is 19.0. The van der Waals surface area contributed by atoms with Crippen LogP contribution in [0, 0.1) is 6.92 Å². The number of hydrogen-bond donors (Lipinski definition) is 2.